The average Bonchev–Trinajstić information content (AvgIpc) is 2.28. The lowest BCUT2D eigenvalue weighted by Crippen LogP contribution is -2.18. The van der Waals surface area contributed by atoms with Crippen LogP contribution in [-0.2, 0) is 0 Å². The second-order valence-corrected chi connectivity index (χ2v) is 3.53. The van der Waals surface area contributed by atoms with Gasteiger partial charge >= 0.3 is 0 Å². The number of nitrogens with one attached hydrogen (secondary N) is 1. The van der Waals surface area contributed by atoms with Crippen molar-refractivity contribution in [3.05, 3.63) is 45.7 Å². The Morgan fingerprint density at radius 3 is 2.94 bits per heavy atom. The van der Waals surface area contributed by atoms with E-state index in [2.05, 4.69) is 10.1 Å². The number of aromatic amines is 1. The van der Waals surface area contributed by atoms with Crippen molar-refractivity contribution in [2.24, 2.45) is 10.9 Å². The highest BCUT2D eigenvalue weighted by Crippen LogP contribution is 2.17. The first kappa shape index (κ1) is 10.2. The van der Waals surface area contributed by atoms with Gasteiger partial charge in [0.15, 0.2) is 5.84 Å². The van der Waals surface area contributed by atoms with Crippen LogP contribution in [0.25, 0.3) is 10.9 Å². The van der Waals surface area contributed by atoms with Crippen molar-refractivity contribution in [1.29, 1.82) is 0 Å². The molecular weight excluding hydrogens is 206 g/mol. The molecule has 0 bridgehead atoms. The number of H-pyrrole nitrogens is 1. The summed E-state index contributed by atoms with van der Waals surface area (Å²) in [6, 6.07) is 6.86. The minimum Gasteiger partial charge on any atom is -0.409 e. The topological polar surface area (TPSA) is 91.5 Å². The third-order valence-corrected chi connectivity index (χ3v) is 2.47. The molecule has 0 fully saturated rings. The Morgan fingerprint density at radius 2 is 2.25 bits per heavy atom. The van der Waals surface area contributed by atoms with E-state index in [9.17, 15) is 4.79 Å². The summed E-state index contributed by atoms with van der Waals surface area (Å²) in [6.45, 7) is 1.88. The monoisotopic (exact) mass is 217 g/mol. The third-order valence-electron chi connectivity index (χ3n) is 2.47. The van der Waals surface area contributed by atoms with Crippen LogP contribution >= 0.6 is 0 Å². The summed E-state index contributed by atoms with van der Waals surface area (Å²) in [4.78, 5) is 14.2. The third kappa shape index (κ3) is 1.52. The Morgan fingerprint density at radius 1 is 1.50 bits per heavy atom. The van der Waals surface area contributed by atoms with Gasteiger partial charge in [-0.1, -0.05) is 23.4 Å². The first-order chi connectivity index (χ1) is 7.63. The van der Waals surface area contributed by atoms with E-state index >= 15 is 0 Å². The van der Waals surface area contributed by atoms with Gasteiger partial charge in [-0.25, -0.2) is 0 Å². The number of hydrogen-bond donors (Lipinski definition) is 3. The fourth-order valence-corrected chi connectivity index (χ4v) is 1.69. The van der Waals surface area contributed by atoms with Gasteiger partial charge in [0.25, 0.3) is 0 Å². The Kier molecular flexibility index (Phi) is 2.36. The van der Waals surface area contributed by atoms with E-state index in [0.717, 1.165) is 10.9 Å². The fourth-order valence-electron chi connectivity index (χ4n) is 1.69. The molecule has 5 nitrogen and oxygen atoms in total. The van der Waals surface area contributed by atoms with Crippen molar-refractivity contribution in [3.8, 4) is 0 Å². The first-order valence-corrected chi connectivity index (χ1v) is 4.74. The number of fused-ring (bicyclic) bond motifs is 1. The predicted octanol–water partition coefficient (Wildman–Crippen LogP) is 0.931. The van der Waals surface area contributed by atoms with Crippen LogP contribution in [0, 0.1) is 6.92 Å². The number of benzene rings is 1. The summed E-state index contributed by atoms with van der Waals surface area (Å²) < 4.78 is 0. The molecule has 2 aromatic rings. The summed E-state index contributed by atoms with van der Waals surface area (Å²) in [6.07, 6.45) is 0. The lowest BCUT2D eigenvalue weighted by molar-refractivity contribution is 0.318. The van der Waals surface area contributed by atoms with Crippen molar-refractivity contribution in [2.75, 3.05) is 0 Å². The van der Waals surface area contributed by atoms with Crippen LogP contribution in [-0.4, -0.2) is 16.0 Å². The standard InChI is InChI=1S/C11H11N3O2/c1-6-3-2-4-7-8(11(12)14-16)5-9(15)13-10(6)7/h2-5,16H,1H3,(H2,12,14)(H,13,15). The van der Waals surface area contributed by atoms with E-state index in [4.69, 9.17) is 10.9 Å². The maximum Gasteiger partial charge on any atom is 0.249 e. The van der Waals surface area contributed by atoms with E-state index in [1.165, 1.54) is 6.07 Å². The Hall–Kier alpha value is -2.30. The highest BCUT2D eigenvalue weighted by Gasteiger charge is 2.08. The molecule has 0 atom stereocenters. The quantitative estimate of drug-likeness (QED) is 0.287. The number of aryl methyl sites for hydroxylation is 1. The maximum absolute atomic E-state index is 11.4. The average molecular weight is 217 g/mol. The van der Waals surface area contributed by atoms with Gasteiger partial charge in [0, 0.05) is 17.0 Å². The molecule has 0 radical (unpaired) electrons. The molecule has 0 aliphatic rings. The van der Waals surface area contributed by atoms with E-state index < -0.39 is 0 Å². The van der Waals surface area contributed by atoms with Crippen molar-refractivity contribution in [1.82, 2.24) is 4.98 Å². The number of rotatable bonds is 1. The molecular formula is C11H11N3O2. The molecule has 0 amide bonds. The molecule has 4 N–H and O–H groups in total. The molecule has 82 valence electrons. The normalized spacial score (nSPS) is 11.9. The number of nitrogens with two attached hydrogens (primary N) is 1. The van der Waals surface area contributed by atoms with Crippen LogP contribution in [0.5, 0.6) is 0 Å². The molecule has 1 aromatic carbocycles. The van der Waals surface area contributed by atoms with Gasteiger partial charge in [0.05, 0.1) is 5.52 Å². The molecule has 0 unspecified atom stereocenters. The Balaban J connectivity index is 2.94. The van der Waals surface area contributed by atoms with Gasteiger partial charge < -0.3 is 15.9 Å². The number of para-hydroxylation sites is 1. The molecule has 0 spiro atoms. The van der Waals surface area contributed by atoms with Crippen molar-refractivity contribution in [2.45, 2.75) is 6.92 Å². The van der Waals surface area contributed by atoms with Gasteiger partial charge in [0.2, 0.25) is 5.56 Å². The minimum atomic E-state index is -0.275. The molecule has 2 rings (SSSR count). The predicted molar refractivity (Wildman–Crippen MR) is 61.8 cm³/mol. The Labute approximate surface area is 91.2 Å². The summed E-state index contributed by atoms with van der Waals surface area (Å²) in [5, 5.41) is 12.3. The molecule has 0 aliphatic carbocycles. The van der Waals surface area contributed by atoms with Crippen molar-refractivity contribution >= 4 is 16.7 Å². The Bertz CT molecular complexity index is 629. The number of aromatic nitrogens is 1. The second-order valence-electron chi connectivity index (χ2n) is 3.53. The summed E-state index contributed by atoms with van der Waals surface area (Å²) >= 11 is 0. The van der Waals surface area contributed by atoms with Crippen LogP contribution in [0.3, 0.4) is 0 Å². The summed E-state index contributed by atoms with van der Waals surface area (Å²) in [7, 11) is 0. The molecule has 0 saturated carbocycles. The molecule has 0 aliphatic heterocycles. The maximum atomic E-state index is 11.4. The lowest BCUT2D eigenvalue weighted by atomic mass is 10.1. The minimum absolute atomic E-state index is 0.0679. The van der Waals surface area contributed by atoms with E-state index in [-0.39, 0.29) is 11.4 Å². The van der Waals surface area contributed by atoms with Gasteiger partial charge in [-0.2, -0.15) is 0 Å². The molecule has 1 aromatic heterocycles. The molecule has 5 heteroatoms. The van der Waals surface area contributed by atoms with E-state index in [1.807, 2.05) is 25.1 Å². The first-order valence-electron chi connectivity index (χ1n) is 4.74. The highest BCUT2D eigenvalue weighted by atomic mass is 16.4. The van der Waals surface area contributed by atoms with Crippen LogP contribution in [0.2, 0.25) is 0 Å². The molecule has 0 saturated heterocycles. The molecule has 1 heterocycles. The SMILES string of the molecule is Cc1cccc2c(C(N)=NO)cc(=O)[nH]c12. The number of amidine groups is 1. The van der Waals surface area contributed by atoms with Gasteiger partial charge in [-0.05, 0) is 12.5 Å². The second kappa shape index (κ2) is 3.69. The number of pyridine rings is 1. The van der Waals surface area contributed by atoms with E-state index in [1.54, 1.807) is 0 Å². The van der Waals surface area contributed by atoms with Crippen molar-refractivity contribution < 1.29 is 5.21 Å². The van der Waals surface area contributed by atoms with Gasteiger partial charge in [-0.15, -0.1) is 0 Å². The highest BCUT2D eigenvalue weighted by molar-refractivity contribution is 6.08. The number of nitrogens with zero attached hydrogens (tertiary/aromatic N) is 1. The fraction of sp³-hybridized carbons (Fsp3) is 0.0909. The zero-order chi connectivity index (χ0) is 11.7. The van der Waals surface area contributed by atoms with Crippen LogP contribution < -0.4 is 11.3 Å². The largest absolute Gasteiger partial charge is 0.409 e. The summed E-state index contributed by atoms with van der Waals surface area (Å²) in [5.74, 6) is -0.0679. The van der Waals surface area contributed by atoms with Crippen LogP contribution in [0.4, 0.5) is 0 Å². The zero-order valence-electron chi connectivity index (χ0n) is 8.69. The van der Waals surface area contributed by atoms with Crippen LogP contribution in [0.15, 0.2) is 34.2 Å². The zero-order valence-corrected chi connectivity index (χ0v) is 8.69. The van der Waals surface area contributed by atoms with Crippen molar-refractivity contribution in [3.63, 3.8) is 0 Å². The van der Waals surface area contributed by atoms with Gasteiger partial charge in [0.1, 0.15) is 0 Å². The van der Waals surface area contributed by atoms with Gasteiger partial charge in [-0.3, -0.25) is 4.79 Å². The lowest BCUT2D eigenvalue weighted by Gasteiger charge is -2.06. The smallest absolute Gasteiger partial charge is 0.249 e. The number of oxime groups is 1. The molecule has 16 heavy (non-hydrogen) atoms. The summed E-state index contributed by atoms with van der Waals surface area (Å²) in [5.41, 5.74) is 7.32. The van der Waals surface area contributed by atoms with E-state index in [0.29, 0.717) is 11.1 Å². The number of hydrogen-bond acceptors (Lipinski definition) is 3. The van der Waals surface area contributed by atoms with Crippen LogP contribution in [0.1, 0.15) is 11.1 Å².